The number of nitrogens with zero attached hydrogens (tertiary/aromatic N) is 1. The molecule has 0 saturated carbocycles. The van der Waals surface area contributed by atoms with Crippen molar-refractivity contribution in [2.45, 2.75) is 13.3 Å². The highest BCUT2D eigenvalue weighted by Gasteiger charge is 2.07. The number of fused-ring (bicyclic) bond motifs is 3. The Labute approximate surface area is 102 Å². The van der Waals surface area contributed by atoms with Gasteiger partial charge in [-0.25, -0.2) is 0 Å². The maximum atomic E-state index is 4.40. The number of hydrogen-bond donors (Lipinski definition) is 1. The number of aromatic nitrogens is 2. The minimum Gasteiger partial charge on any atom is -0.353 e. The van der Waals surface area contributed by atoms with Crippen LogP contribution in [-0.2, 0) is 6.42 Å². The maximum absolute atomic E-state index is 4.40. The van der Waals surface area contributed by atoms with E-state index in [0.29, 0.717) is 0 Å². The third-order valence-corrected chi connectivity index (χ3v) is 3.39. The molecular weight excluding hydrogens is 264 g/mol. The molecule has 3 heteroatoms. The van der Waals surface area contributed by atoms with E-state index in [2.05, 4.69) is 57.1 Å². The van der Waals surface area contributed by atoms with Gasteiger partial charge >= 0.3 is 0 Å². The molecule has 0 unspecified atom stereocenters. The molecule has 0 aliphatic carbocycles. The summed E-state index contributed by atoms with van der Waals surface area (Å²) in [6.45, 7) is 2.13. The van der Waals surface area contributed by atoms with Crippen molar-refractivity contribution in [3.8, 4) is 0 Å². The van der Waals surface area contributed by atoms with E-state index in [1.54, 1.807) is 0 Å². The Bertz CT molecular complexity index is 670. The number of pyridine rings is 1. The van der Waals surface area contributed by atoms with Crippen LogP contribution in [0.3, 0.4) is 0 Å². The Hall–Kier alpha value is -1.35. The number of H-pyrrole nitrogens is 1. The molecule has 2 heterocycles. The normalized spacial score (nSPS) is 11.4. The summed E-state index contributed by atoms with van der Waals surface area (Å²) in [6, 6.07) is 8.38. The first kappa shape index (κ1) is 9.85. The summed E-state index contributed by atoms with van der Waals surface area (Å²) in [7, 11) is 0. The zero-order valence-corrected chi connectivity index (χ0v) is 10.5. The van der Waals surface area contributed by atoms with Gasteiger partial charge in [-0.05, 0) is 24.6 Å². The summed E-state index contributed by atoms with van der Waals surface area (Å²) in [5.41, 5.74) is 3.45. The van der Waals surface area contributed by atoms with Gasteiger partial charge in [-0.1, -0.05) is 28.9 Å². The first-order chi connectivity index (χ1) is 7.79. The fourth-order valence-electron chi connectivity index (χ4n) is 2.13. The molecule has 16 heavy (non-hydrogen) atoms. The van der Waals surface area contributed by atoms with Gasteiger partial charge in [0.25, 0.3) is 0 Å². The summed E-state index contributed by atoms with van der Waals surface area (Å²) in [6.07, 6.45) is 2.84. The summed E-state index contributed by atoms with van der Waals surface area (Å²) in [5.74, 6) is 0. The van der Waals surface area contributed by atoms with Gasteiger partial charge in [-0.2, -0.15) is 0 Å². The number of hydrogen-bond acceptors (Lipinski definition) is 1. The van der Waals surface area contributed by atoms with E-state index in [9.17, 15) is 0 Å². The lowest BCUT2D eigenvalue weighted by atomic mass is 10.1. The van der Waals surface area contributed by atoms with Crippen LogP contribution in [0.4, 0.5) is 0 Å². The molecule has 1 aromatic carbocycles. The third-order valence-electron chi connectivity index (χ3n) is 2.90. The topological polar surface area (TPSA) is 28.7 Å². The van der Waals surface area contributed by atoms with Crippen molar-refractivity contribution in [3.63, 3.8) is 0 Å². The lowest BCUT2D eigenvalue weighted by molar-refractivity contribution is 1.05. The molecule has 0 atom stereocenters. The van der Waals surface area contributed by atoms with Crippen molar-refractivity contribution in [2.24, 2.45) is 0 Å². The van der Waals surface area contributed by atoms with E-state index in [-0.39, 0.29) is 0 Å². The van der Waals surface area contributed by atoms with Gasteiger partial charge in [-0.3, -0.25) is 4.98 Å². The molecule has 2 aromatic heterocycles. The van der Waals surface area contributed by atoms with Crippen LogP contribution in [0.2, 0.25) is 0 Å². The molecule has 2 nitrogen and oxygen atoms in total. The summed E-state index contributed by atoms with van der Waals surface area (Å²) >= 11 is 3.49. The highest BCUT2D eigenvalue weighted by Crippen LogP contribution is 2.28. The SMILES string of the molecule is CCc1nccc2c1[nH]c1cc(Br)ccc12. The number of halogens is 1. The predicted octanol–water partition coefficient (Wildman–Crippen LogP) is 4.04. The summed E-state index contributed by atoms with van der Waals surface area (Å²) in [4.78, 5) is 7.85. The van der Waals surface area contributed by atoms with Crippen molar-refractivity contribution in [1.29, 1.82) is 0 Å². The maximum Gasteiger partial charge on any atom is 0.0683 e. The molecular formula is C13H11BrN2. The molecule has 0 aliphatic rings. The summed E-state index contributed by atoms with van der Waals surface area (Å²) < 4.78 is 1.09. The van der Waals surface area contributed by atoms with Crippen LogP contribution < -0.4 is 0 Å². The average molecular weight is 275 g/mol. The van der Waals surface area contributed by atoms with E-state index in [0.717, 1.165) is 27.6 Å². The fraction of sp³-hybridized carbons (Fsp3) is 0.154. The molecule has 3 rings (SSSR count). The van der Waals surface area contributed by atoms with Gasteiger partial charge in [0.05, 0.1) is 11.2 Å². The molecule has 80 valence electrons. The number of rotatable bonds is 1. The predicted molar refractivity (Wildman–Crippen MR) is 70.7 cm³/mol. The van der Waals surface area contributed by atoms with Crippen molar-refractivity contribution in [2.75, 3.05) is 0 Å². The zero-order valence-electron chi connectivity index (χ0n) is 8.92. The van der Waals surface area contributed by atoms with Crippen LogP contribution >= 0.6 is 15.9 Å². The Morgan fingerprint density at radius 1 is 1.25 bits per heavy atom. The molecule has 3 aromatic rings. The molecule has 0 bridgehead atoms. The Balaban J connectivity index is 2.49. The Kier molecular flexibility index (Phi) is 2.21. The second-order valence-corrected chi connectivity index (χ2v) is 4.76. The fourth-order valence-corrected chi connectivity index (χ4v) is 2.49. The standard InChI is InChI=1S/C13H11BrN2/c1-2-11-13-10(5-6-15-11)9-4-3-8(14)7-12(9)16-13/h3-7,16H,2H2,1H3. The van der Waals surface area contributed by atoms with Gasteiger partial charge in [0.15, 0.2) is 0 Å². The smallest absolute Gasteiger partial charge is 0.0683 e. The highest BCUT2D eigenvalue weighted by molar-refractivity contribution is 9.10. The molecule has 0 radical (unpaired) electrons. The second-order valence-electron chi connectivity index (χ2n) is 3.85. The molecule has 0 amide bonds. The largest absolute Gasteiger partial charge is 0.353 e. The summed E-state index contributed by atoms with van der Waals surface area (Å²) in [5, 5.41) is 2.52. The average Bonchev–Trinajstić information content (AvgIpc) is 2.65. The van der Waals surface area contributed by atoms with Crippen molar-refractivity contribution in [1.82, 2.24) is 9.97 Å². The lowest BCUT2D eigenvalue weighted by Crippen LogP contribution is -1.86. The van der Waals surface area contributed by atoms with Crippen molar-refractivity contribution in [3.05, 3.63) is 40.6 Å². The monoisotopic (exact) mass is 274 g/mol. The Morgan fingerprint density at radius 2 is 2.12 bits per heavy atom. The van der Waals surface area contributed by atoms with Gasteiger partial charge in [0, 0.05) is 27.0 Å². The quantitative estimate of drug-likeness (QED) is 0.713. The number of aryl methyl sites for hydroxylation is 1. The molecule has 0 fully saturated rings. The Morgan fingerprint density at radius 3 is 2.94 bits per heavy atom. The van der Waals surface area contributed by atoms with E-state index < -0.39 is 0 Å². The second kappa shape index (κ2) is 3.59. The minimum absolute atomic E-state index is 0.950. The molecule has 1 N–H and O–H groups in total. The van der Waals surface area contributed by atoms with E-state index in [1.165, 1.54) is 10.8 Å². The van der Waals surface area contributed by atoms with Crippen LogP contribution in [-0.4, -0.2) is 9.97 Å². The third kappa shape index (κ3) is 1.35. The molecule has 0 aliphatic heterocycles. The van der Waals surface area contributed by atoms with Gasteiger partial charge in [-0.15, -0.1) is 0 Å². The number of benzene rings is 1. The van der Waals surface area contributed by atoms with Crippen LogP contribution in [0.5, 0.6) is 0 Å². The van der Waals surface area contributed by atoms with Crippen molar-refractivity contribution >= 4 is 37.7 Å². The van der Waals surface area contributed by atoms with Gasteiger partial charge < -0.3 is 4.98 Å². The van der Waals surface area contributed by atoms with Crippen LogP contribution in [0, 0.1) is 0 Å². The number of aromatic amines is 1. The van der Waals surface area contributed by atoms with Crippen LogP contribution in [0.15, 0.2) is 34.9 Å². The molecule has 0 spiro atoms. The van der Waals surface area contributed by atoms with Gasteiger partial charge in [0.2, 0.25) is 0 Å². The number of nitrogens with one attached hydrogen (secondary N) is 1. The first-order valence-corrected chi connectivity index (χ1v) is 6.13. The van der Waals surface area contributed by atoms with E-state index in [4.69, 9.17) is 0 Å². The van der Waals surface area contributed by atoms with Crippen molar-refractivity contribution < 1.29 is 0 Å². The first-order valence-electron chi connectivity index (χ1n) is 5.34. The van der Waals surface area contributed by atoms with Crippen LogP contribution in [0.25, 0.3) is 21.8 Å². The van der Waals surface area contributed by atoms with Crippen LogP contribution in [0.1, 0.15) is 12.6 Å². The lowest BCUT2D eigenvalue weighted by Gasteiger charge is -1.96. The van der Waals surface area contributed by atoms with E-state index >= 15 is 0 Å². The van der Waals surface area contributed by atoms with Gasteiger partial charge in [0.1, 0.15) is 0 Å². The van der Waals surface area contributed by atoms with E-state index in [1.807, 2.05) is 6.20 Å². The molecule has 0 saturated heterocycles. The minimum atomic E-state index is 0.950. The zero-order chi connectivity index (χ0) is 11.1. The highest BCUT2D eigenvalue weighted by atomic mass is 79.9.